The molecule has 0 saturated carbocycles. The largest absolute Gasteiger partial charge is 0.455 e. The van der Waals surface area contributed by atoms with Gasteiger partial charge in [0.2, 0.25) is 0 Å². The van der Waals surface area contributed by atoms with Crippen LogP contribution in [-0.2, 0) is 15.6 Å². The van der Waals surface area contributed by atoms with E-state index in [1.54, 1.807) is 31.2 Å². The third-order valence-corrected chi connectivity index (χ3v) is 4.97. The van der Waals surface area contributed by atoms with Crippen LogP contribution in [0.2, 0.25) is 0 Å². The van der Waals surface area contributed by atoms with Crippen LogP contribution in [0.5, 0.6) is 0 Å². The molecule has 6 heteroatoms. The molecule has 0 radical (unpaired) electrons. The van der Waals surface area contributed by atoms with Crippen LogP contribution in [0.4, 0.5) is 0 Å². The second-order valence-corrected chi connectivity index (χ2v) is 7.00. The highest BCUT2D eigenvalue weighted by Gasteiger charge is 2.20. The highest BCUT2D eigenvalue weighted by Crippen LogP contribution is 2.21. The summed E-state index contributed by atoms with van der Waals surface area (Å²) in [5, 5.41) is 2.68. The fourth-order valence-electron chi connectivity index (χ4n) is 2.07. The Hall–Kier alpha value is -2.08. The lowest BCUT2D eigenvalue weighted by Gasteiger charge is -2.05. The average Bonchev–Trinajstić information content (AvgIpc) is 2.92. The molecule has 5 nitrogen and oxygen atoms in total. The monoisotopic (exact) mass is 321 g/mol. The SMILES string of the molecule is CCCNC(=O)c1ccc(CS(=O)(=O)c2ccccc2C)o1. The van der Waals surface area contributed by atoms with Gasteiger partial charge in [0, 0.05) is 6.54 Å². The number of carbonyl (C=O) groups is 1. The van der Waals surface area contributed by atoms with Gasteiger partial charge < -0.3 is 9.73 Å². The van der Waals surface area contributed by atoms with E-state index in [0.717, 1.165) is 6.42 Å². The van der Waals surface area contributed by atoms with Crippen LogP contribution in [0.3, 0.4) is 0 Å². The maximum atomic E-state index is 12.4. The van der Waals surface area contributed by atoms with E-state index in [2.05, 4.69) is 5.32 Å². The molecule has 0 aliphatic heterocycles. The molecular formula is C16H19NO4S. The molecule has 0 spiro atoms. The van der Waals surface area contributed by atoms with E-state index >= 15 is 0 Å². The third-order valence-electron chi connectivity index (χ3n) is 3.18. The molecule has 0 bridgehead atoms. The molecular weight excluding hydrogens is 302 g/mol. The van der Waals surface area contributed by atoms with E-state index in [4.69, 9.17) is 4.42 Å². The van der Waals surface area contributed by atoms with E-state index in [9.17, 15) is 13.2 Å². The fourth-order valence-corrected chi connectivity index (χ4v) is 3.60. The number of aryl methyl sites for hydroxylation is 1. The molecule has 0 saturated heterocycles. The number of sulfone groups is 1. The number of amides is 1. The summed E-state index contributed by atoms with van der Waals surface area (Å²) in [4.78, 5) is 12.0. The van der Waals surface area contributed by atoms with Crippen LogP contribution in [0.1, 0.15) is 35.2 Å². The lowest BCUT2D eigenvalue weighted by Crippen LogP contribution is -2.23. The second-order valence-electron chi connectivity index (χ2n) is 5.05. The first-order chi connectivity index (χ1) is 10.4. The maximum absolute atomic E-state index is 12.4. The Balaban J connectivity index is 2.16. The maximum Gasteiger partial charge on any atom is 0.286 e. The van der Waals surface area contributed by atoms with Gasteiger partial charge in [0.15, 0.2) is 15.6 Å². The van der Waals surface area contributed by atoms with Gasteiger partial charge in [0.25, 0.3) is 5.91 Å². The minimum Gasteiger partial charge on any atom is -0.455 e. The molecule has 0 atom stereocenters. The number of nitrogens with one attached hydrogen (secondary N) is 1. The fraction of sp³-hybridized carbons (Fsp3) is 0.312. The van der Waals surface area contributed by atoms with Crippen molar-refractivity contribution in [3.8, 4) is 0 Å². The van der Waals surface area contributed by atoms with Crippen molar-refractivity contribution in [3.63, 3.8) is 0 Å². The predicted octanol–water partition coefficient (Wildman–Crippen LogP) is 2.70. The standard InChI is InChI=1S/C16H19NO4S/c1-3-10-17-16(18)14-9-8-13(21-14)11-22(19,20)15-7-5-4-6-12(15)2/h4-9H,3,10-11H2,1-2H3,(H,17,18). The van der Waals surface area contributed by atoms with Crippen LogP contribution in [0.15, 0.2) is 45.7 Å². The number of furan rings is 1. The van der Waals surface area contributed by atoms with Crippen LogP contribution in [-0.4, -0.2) is 20.9 Å². The highest BCUT2D eigenvalue weighted by molar-refractivity contribution is 7.90. The Kier molecular flexibility index (Phi) is 5.03. The Morgan fingerprint density at radius 1 is 1.18 bits per heavy atom. The van der Waals surface area contributed by atoms with Crippen molar-refractivity contribution in [2.45, 2.75) is 30.9 Å². The van der Waals surface area contributed by atoms with Gasteiger partial charge in [-0.25, -0.2) is 8.42 Å². The smallest absolute Gasteiger partial charge is 0.286 e. The quantitative estimate of drug-likeness (QED) is 0.887. The lowest BCUT2D eigenvalue weighted by atomic mass is 10.2. The normalized spacial score (nSPS) is 11.4. The summed E-state index contributed by atoms with van der Waals surface area (Å²) in [6.07, 6.45) is 0.820. The average molecular weight is 321 g/mol. The summed E-state index contributed by atoms with van der Waals surface area (Å²) in [5.74, 6) is -0.214. The molecule has 1 aromatic heterocycles. The van der Waals surface area contributed by atoms with Crippen molar-refractivity contribution in [1.82, 2.24) is 5.32 Å². The third kappa shape index (κ3) is 3.76. The summed E-state index contributed by atoms with van der Waals surface area (Å²) >= 11 is 0. The van der Waals surface area contributed by atoms with E-state index in [1.807, 2.05) is 6.92 Å². The molecule has 0 aliphatic carbocycles. The van der Waals surface area contributed by atoms with Crippen molar-refractivity contribution < 1.29 is 17.6 Å². The first-order valence-corrected chi connectivity index (χ1v) is 8.74. The summed E-state index contributed by atoms with van der Waals surface area (Å²) in [6.45, 7) is 4.25. The first-order valence-electron chi connectivity index (χ1n) is 7.09. The van der Waals surface area contributed by atoms with Crippen LogP contribution < -0.4 is 5.32 Å². The lowest BCUT2D eigenvalue weighted by molar-refractivity contribution is 0.0924. The minimum absolute atomic E-state index is 0.128. The zero-order chi connectivity index (χ0) is 16.2. The molecule has 2 rings (SSSR count). The zero-order valence-electron chi connectivity index (χ0n) is 12.6. The summed E-state index contributed by atoms with van der Waals surface area (Å²) in [6, 6.07) is 9.81. The van der Waals surface area contributed by atoms with E-state index in [-0.39, 0.29) is 28.1 Å². The van der Waals surface area contributed by atoms with Gasteiger partial charge in [-0.1, -0.05) is 25.1 Å². The van der Waals surface area contributed by atoms with Crippen molar-refractivity contribution in [3.05, 3.63) is 53.5 Å². The number of benzene rings is 1. The molecule has 0 fully saturated rings. The van der Waals surface area contributed by atoms with Gasteiger partial charge >= 0.3 is 0 Å². The van der Waals surface area contributed by atoms with Crippen molar-refractivity contribution in [2.24, 2.45) is 0 Å². The van der Waals surface area contributed by atoms with Crippen LogP contribution in [0.25, 0.3) is 0 Å². The van der Waals surface area contributed by atoms with Gasteiger partial charge in [-0.2, -0.15) is 0 Å². The number of hydrogen-bond donors (Lipinski definition) is 1. The Labute approximate surface area is 130 Å². The van der Waals surface area contributed by atoms with E-state index < -0.39 is 9.84 Å². The number of rotatable bonds is 6. The van der Waals surface area contributed by atoms with E-state index in [0.29, 0.717) is 12.1 Å². The molecule has 1 amide bonds. The molecule has 0 aliphatic rings. The molecule has 22 heavy (non-hydrogen) atoms. The van der Waals surface area contributed by atoms with Crippen LogP contribution in [0, 0.1) is 6.92 Å². The topological polar surface area (TPSA) is 76.4 Å². The van der Waals surface area contributed by atoms with Crippen molar-refractivity contribution in [1.29, 1.82) is 0 Å². The van der Waals surface area contributed by atoms with Crippen molar-refractivity contribution >= 4 is 15.7 Å². The molecule has 1 N–H and O–H groups in total. The Bertz CT molecular complexity index is 762. The van der Waals surface area contributed by atoms with E-state index in [1.165, 1.54) is 12.1 Å². The summed E-state index contributed by atoms with van der Waals surface area (Å²) in [7, 11) is -3.50. The molecule has 2 aromatic rings. The van der Waals surface area contributed by atoms with Crippen LogP contribution >= 0.6 is 0 Å². The number of hydrogen-bond acceptors (Lipinski definition) is 4. The van der Waals surface area contributed by atoms with Gasteiger partial charge in [-0.15, -0.1) is 0 Å². The predicted molar refractivity (Wildman–Crippen MR) is 83.4 cm³/mol. The summed E-state index contributed by atoms with van der Waals surface area (Å²) < 4.78 is 30.2. The molecule has 1 heterocycles. The van der Waals surface area contributed by atoms with Gasteiger partial charge in [-0.05, 0) is 37.1 Å². The molecule has 118 valence electrons. The van der Waals surface area contributed by atoms with Gasteiger partial charge in [-0.3, -0.25) is 4.79 Å². The van der Waals surface area contributed by atoms with Crippen molar-refractivity contribution in [2.75, 3.05) is 6.54 Å². The minimum atomic E-state index is -3.50. The molecule has 1 aromatic carbocycles. The highest BCUT2D eigenvalue weighted by atomic mass is 32.2. The Morgan fingerprint density at radius 3 is 2.59 bits per heavy atom. The molecule has 0 unspecified atom stereocenters. The van der Waals surface area contributed by atoms with Gasteiger partial charge in [0.1, 0.15) is 11.5 Å². The number of carbonyl (C=O) groups excluding carboxylic acids is 1. The second kappa shape index (κ2) is 6.79. The zero-order valence-corrected chi connectivity index (χ0v) is 13.4. The van der Waals surface area contributed by atoms with Gasteiger partial charge in [0.05, 0.1) is 4.90 Å². The Morgan fingerprint density at radius 2 is 1.91 bits per heavy atom. The first kappa shape index (κ1) is 16.3. The summed E-state index contributed by atoms with van der Waals surface area (Å²) in [5.41, 5.74) is 0.690.